The van der Waals surface area contributed by atoms with Gasteiger partial charge in [0, 0.05) is 11.1 Å². The maximum Gasteiger partial charge on any atom is 0.112 e. The van der Waals surface area contributed by atoms with Gasteiger partial charge in [0.2, 0.25) is 0 Å². The molecule has 3 heteroatoms. The summed E-state index contributed by atoms with van der Waals surface area (Å²) < 4.78 is 2.00. The lowest BCUT2D eigenvalue weighted by molar-refractivity contribution is 0.697. The van der Waals surface area contributed by atoms with Gasteiger partial charge >= 0.3 is 0 Å². The van der Waals surface area contributed by atoms with Crippen LogP contribution in [0.1, 0.15) is 5.56 Å². The predicted octanol–water partition coefficient (Wildman–Crippen LogP) is 5.92. The summed E-state index contributed by atoms with van der Waals surface area (Å²) >= 11 is 6.78. The Hall–Kier alpha value is -2.84. The first-order chi connectivity index (χ1) is 12.3. The molecule has 0 N–H and O–H groups in total. The van der Waals surface area contributed by atoms with E-state index in [1.54, 1.807) is 0 Å². The van der Waals surface area contributed by atoms with Crippen molar-refractivity contribution in [1.29, 1.82) is 0 Å². The van der Waals surface area contributed by atoms with E-state index in [2.05, 4.69) is 24.3 Å². The van der Waals surface area contributed by atoms with Gasteiger partial charge in [0.25, 0.3) is 0 Å². The third-order valence-electron chi connectivity index (χ3n) is 4.16. The van der Waals surface area contributed by atoms with E-state index >= 15 is 0 Å². The van der Waals surface area contributed by atoms with Crippen LogP contribution in [-0.2, 0) is 6.54 Å². The van der Waals surface area contributed by atoms with Crippen LogP contribution in [0.5, 0.6) is 0 Å². The summed E-state index contributed by atoms with van der Waals surface area (Å²) in [5, 5.41) is 5.52. The molecule has 0 aliphatic carbocycles. The Morgan fingerprint density at radius 2 is 1.20 bits per heavy atom. The van der Waals surface area contributed by atoms with E-state index in [0.29, 0.717) is 11.6 Å². The van der Waals surface area contributed by atoms with Gasteiger partial charge in [-0.3, -0.25) is 4.68 Å². The molecule has 122 valence electrons. The Morgan fingerprint density at radius 1 is 0.680 bits per heavy atom. The average molecular weight is 345 g/mol. The molecule has 1 heterocycles. The van der Waals surface area contributed by atoms with E-state index in [1.807, 2.05) is 71.4 Å². The molecule has 4 aromatic rings. The van der Waals surface area contributed by atoms with Crippen molar-refractivity contribution in [3.8, 4) is 22.5 Å². The summed E-state index contributed by atoms with van der Waals surface area (Å²) in [5.41, 5.74) is 5.05. The number of aromatic nitrogens is 2. The van der Waals surface area contributed by atoms with Crippen LogP contribution in [0.2, 0.25) is 5.02 Å². The Labute approximate surface area is 152 Å². The smallest absolute Gasteiger partial charge is 0.112 e. The Morgan fingerprint density at radius 3 is 1.80 bits per heavy atom. The van der Waals surface area contributed by atoms with Crippen molar-refractivity contribution in [2.45, 2.75) is 6.54 Å². The fourth-order valence-electron chi connectivity index (χ4n) is 2.96. The number of rotatable bonds is 4. The molecule has 0 amide bonds. The average Bonchev–Trinajstić information content (AvgIpc) is 3.00. The molecular formula is C22H17ClN2. The van der Waals surface area contributed by atoms with E-state index in [4.69, 9.17) is 16.7 Å². The number of benzene rings is 3. The molecule has 0 saturated carbocycles. The van der Waals surface area contributed by atoms with Gasteiger partial charge in [0.15, 0.2) is 0 Å². The number of nitrogens with zero attached hydrogens (tertiary/aromatic N) is 2. The second-order valence-corrected chi connectivity index (χ2v) is 6.26. The predicted molar refractivity (Wildman–Crippen MR) is 104 cm³/mol. The molecule has 0 unspecified atom stereocenters. The van der Waals surface area contributed by atoms with Gasteiger partial charge < -0.3 is 0 Å². The first-order valence-corrected chi connectivity index (χ1v) is 8.62. The molecule has 3 aromatic carbocycles. The Bertz CT molecular complexity index is 961. The first-order valence-electron chi connectivity index (χ1n) is 8.24. The second kappa shape index (κ2) is 6.96. The lowest BCUT2D eigenvalue weighted by Gasteiger charge is -2.08. The summed E-state index contributed by atoms with van der Waals surface area (Å²) in [6, 6.07) is 30.6. The maximum atomic E-state index is 6.78. The molecule has 0 radical (unpaired) electrons. The SMILES string of the molecule is Clc1c(-c2ccccc2)nn(Cc2ccccc2)c1-c1ccccc1. The van der Waals surface area contributed by atoms with Crippen molar-refractivity contribution in [1.82, 2.24) is 9.78 Å². The zero-order valence-electron chi connectivity index (χ0n) is 13.6. The van der Waals surface area contributed by atoms with Crippen molar-refractivity contribution < 1.29 is 0 Å². The molecule has 4 rings (SSSR count). The van der Waals surface area contributed by atoms with Gasteiger partial charge in [-0.2, -0.15) is 5.10 Å². The highest BCUT2D eigenvalue weighted by Crippen LogP contribution is 2.36. The molecule has 25 heavy (non-hydrogen) atoms. The minimum absolute atomic E-state index is 0.678. The van der Waals surface area contributed by atoms with Crippen LogP contribution in [0, 0.1) is 0 Å². The molecule has 0 atom stereocenters. The van der Waals surface area contributed by atoms with Gasteiger partial charge in [-0.15, -0.1) is 0 Å². The summed E-state index contributed by atoms with van der Waals surface area (Å²) in [6.45, 7) is 0.678. The number of hydrogen-bond donors (Lipinski definition) is 0. The third-order valence-corrected chi connectivity index (χ3v) is 4.52. The minimum Gasteiger partial charge on any atom is -0.258 e. The van der Waals surface area contributed by atoms with Gasteiger partial charge in [-0.25, -0.2) is 0 Å². The summed E-state index contributed by atoms with van der Waals surface area (Å²) in [6.07, 6.45) is 0. The summed E-state index contributed by atoms with van der Waals surface area (Å²) in [5.74, 6) is 0. The van der Waals surface area contributed by atoms with Crippen LogP contribution in [0.15, 0.2) is 91.0 Å². The van der Waals surface area contributed by atoms with Crippen molar-refractivity contribution in [3.05, 3.63) is 102 Å². The fourth-order valence-corrected chi connectivity index (χ4v) is 3.32. The van der Waals surface area contributed by atoms with Crippen molar-refractivity contribution >= 4 is 11.6 Å². The largest absolute Gasteiger partial charge is 0.258 e. The topological polar surface area (TPSA) is 17.8 Å². The van der Waals surface area contributed by atoms with E-state index in [9.17, 15) is 0 Å². The molecular weight excluding hydrogens is 328 g/mol. The van der Waals surface area contributed by atoms with E-state index < -0.39 is 0 Å². The Balaban J connectivity index is 1.87. The van der Waals surface area contributed by atoms with Gasteiger partial charge in [-0.1, -0.05) is 103 Å². The van der Waals surface area contributed by atoms with Crippen LogP contribution in [0.4, 0.5) is 0 Å². The molecule has 0 saturated heterocycles. The number of hydrogen-bond acceptors (Lipinski definition) is 1. The van der Waals surface area contributed by atoms with E-state index in [1.165, 1.54) is 5.56 Å². The second-order valence-electron chi connectivity index (χ2n) is 5.89. The van der Waals surface area contributed by atoms with Crippen molar-refractivity contribution in [2.75, 3.05) is 0 Å². The first kappa shape index (κ1) is 15.7. The van der Waals surface area contributed by atoms with Crippen LogP contribution >= 0.6 is 11.6 Å². The van der Waals surface area contributed by atoms with Crippen LogP contribution < -0.4 is 0 Å². The molecule has 0 fully saturated rings. The Kier molecular flexibility index (Phi) is 4.36. The molecule has 1 aromatic heterocycles. The normalized spacial score (nSPS) is 10.8. The van der Waals surface area contributed by atoms with Crippen LogP contribution in [0.25, 0.3) is 22.5 Å². The molecule has 0 aliphatic heterocycles. The molecule has 2 nitrogen and oxygen atoms in total. The fraction of sp³-hybridized carbons (Fsp3) is 0.0455. The highest BCUT2D eigenvalue weighted by atomic mass is 35.5. The minimum atomic E-state index is 0.678. The van der Waals surface area contributed by atoms with E-state index in [-0.39, 0.29) is 0 Å². The molecule has 0 spiro atoms. The van der Waals surface area contributed by atoms with Crippen molar-refractivity contribution in [3.63, 3.8) is 0 Å². The summed E-state index contributed by atoms with van der Waals surface area (Å²) in [4.78, 5) is 0. The van der Waals surface area contributed by atoms with Gasteiger partial charge in [0.05, 0.1) is 17.3 Å². The van der Waals surface area contributed by atoms with Gasteiger partial charge in [0.1, 0.15) is 5.69 Å². The highest BCUT2D eigenvalue weighted by molar-refractivity contribution is 6.35. The monoisotopic (exact) mass is 344 g/mol. The third kappa shape index (κ3) is 3.21. The van der Waals surface area contributed by atoms with E-state index in [0.717, 1.165) is 22.5 Å². The maximum absolute atomic E-state index is 6.78. The lowest BCUT2D eigenvalue weighted by atomic mass is 10.1. The quantitative estimate of drug-likeness (QED) is 0.449. The standard InChI is InChI=1S/C22H17ClN2/c23-20-21(18-12-6-2-7-13-18)24-25(16-17-10-4-1-5-11-17)22(20)19-14-8-3-9-15-19/h1-15H,16H2. The zero-order valence-corrected chi connectivity index (χ0v) is 14.4. The van der Waals surface area contributed by atoms with Gasteiger partial charge in [-0.05, 0) is 5.56 Å². The van der Waals surface area contributed by atoms with Crippen LogP contribution in [0.3, 0.4) is 0 Å². The van der Waals surface area contributed by atoms with Crippen molar-refractivity contribution in [2.24, 2.45) is 0 Å². The summed E-state index contributed by atoms with van der Waals surface area (Å²) in [7, 11) is 0. The van der Waals surface area contributed by atoms with Crippen LogP contribution in [-0.4, -0.2) is 9.78 Å². The molecule has 0 aliphatic rings. The number of halogens is 1. The zero-order chi connectivity index (χ0) is 17.1. The lowest BCUT2D eigenvalue weighted by Crippen LogP contribution is -2.04. The highest BCUT2D eigenvalue weighted by Gasteiger charge is 2.19. The molecule has 0 bridgehead atoms.